The van der Waals surface area contributed by atoms with Gasteiger partial charge in [-0.25, -0.2) is 17.6 Å². The summed E-state index contributed by atoms with van der Waals surface area (Å²) in [5, 5.41) is 9.46. The lowest BCUT2D eigenvalue weighted by atomic mass is 10.0. The lowest BCUT2D eigenvalue weighted by molar-refractivity contribution is -0.130. The molecular weight excluding hydrogens is 343 g/mol. The van der Waals surface area contributed by atoms with Crippen LogP contribution >= 0.6 is 0 Å². The molecule has 1 aliphatic rings. The average molecular weight is 358 g/mol. The Labute approximate surface area is 144 Å². The minimum atomic E-state index is -3.28. The van der Waals surface area contributed by atoms with Gasteiger partial charge in [0.05, 0.1) is 10.5 Å². The lowest BCUT2D eigenvalue weighted by Gasteiger charge is -2.05. The van der Waals surface area contributed by atoms with Crippen LogP contribution in [0.5, 0.6) is 0 Å². The molecule has 0 heterocycles. The van der Waals surface area contributed by atoms with E-state index in [9.17, 15) is 22.7 Å². The second-order valence-electron chi connectivity index (χ2n) is 5.89. The first-order valence-corrected chi connectivity index (χ1v) is 9.34. The van der Waals surface area contributed by atoms with E-state index < -0.39 is 21.6 Å². The Hall–Kier alpha value is -2.73. The molecule has 25 heavy (non-hydrogen) atoms. The number of carbonyl (C=O) groups is 1. The molecule has 1 aliphatic carbocycles. The molecule has 0 bridgehead atoms. The van der Waals surface area contributed by atoms with Crippen molar-refractivity contribution in [3.63, 3.8) is 0 Å². The van der Waals surface area contributed by atoms with Crippen LogP contribution in [0, 0.1) is 5.82 Å². The number of aliphatic carboxylic acids is 1. The van der Waals surface area contributed by atoms with Gasteiger partial charge in [0.15, 0.2) is 9.84 Å². The maximum absolute atomic E-state index is 13.5. The van der Waals surface area contributed by atoms with Crippen LogP contribution in [-0.4, -0.2) is 25.7 Å². The number of hydrogen-bond acceptors (Lipinski definition) is 3. The Kier molecular flexibility index (Phi) is 4.08. The molecule has 0 aromatic heterocycles. The molecule has 2 aromatic rings. The zero-order valence-electron chi connectivity index (χ0n) is 13.6. The van der Waals surface area contributed by atoms with Crippen molar-refractivity contribution in [1.29, 1.82) is 0 Å². The number of hydrogen-bond donors (Lipinski definition) is 1. The van der Waals surface area contributed by atoms with Gasteiger partial charge >= 0.3 is 5.97 Å². The highest BCUT2D eigenvalue weighted by Gasteiger charge is 2.28. The van der Waals surface area contributed by atoms with Gasteiger partial charge in [-0.1, -0.05) is 18.2 Å². The minimum absolute atomic E-state index is 0.0773. The lowest BCUT2D eigenvalue weighted by Crippen LogP contribution is -1.99. The van der Waals surface area contributed by atoms with E-state index in [-0.39, 0.29) is 10.5 Å². The summed E-state index contributed by atoms with van der Waals surface area (Å²) in [6.45, 7) is 1.68. The van der Waals surface area contributed by atoms with Crippen molar-refractivity contribution in [3.8, 4) is 0 Å². The molecule has 0 amide bonds. The van der Waals surface area contributed by atoms with Crippen molar-refractivity contribution in [2.75, 3.05) is 6.26 Å². The van der Waals surface area contributed by atoms with E-state index in [2.05, 4.69) is 0 Å². The predicted octanol–water partition coefficient (Wildman–Crippen LogP) is 3.64. The topological polar surface area (TPSA) is 71.4 Å². The van der Waals surface area contributed by atoms with Gasteiger partial charge < -0.3 is 5.11 Å². The van der Waals surface area contributed by atoms with Crippen LogP contribution in [0.25, 0.3) is 17.2 Å². The maximum Gasteiger partial charge on any atom is 0.336 e. The van der Waals surface area contributed by atoms with E-state index in [1.165, 1.54) is 24.3 Å². The highest BCUT2D eigenvalue weighted by atomic mass is 32.2. The van der Waals surface area contributed by atoms with E-state index >= 15 is 0 Å². The smallest absolute Gasteiger partial charge is 0.336 e. The molecule has 1 N–H and O–H groups in total. The predicted molar refractivity (Wildman–Crippen MR) is 94.1 cm³/mol. The summed E-state index contributed by atoms with van der Waals surface area (Å²) in [6, 6.07) is 10.4. The van der Waals surface area contributed by atoms with Gasteiger partial charge in [0.2, 0.25) is 0 Å². The highest BCUT2D eigenvalue weighted by molar-refractivity contribution is 7.90. The summed E-state index contributed by atoms with van der Waals surface area (Å²) >= 11 is 0. The first-order chi connectivity index (χ1) is 11.7. The van der Waals surface area contributed by atoms with Gasteiger partial charge in [-0.15, -0.1) is 0 Å². The summed E-state index contributed by atoms with van der Waals surface area (Å²) < 4.78 is 36.6. The standard InChI is InChI=1S/C19H15FO4S/c1-11-16(9-12-3-6-14(7-4-12)25(2,23)24)15-8-5-13(20)10-17(15)18(11)19(21)22/h3-10H,1-2H3,(H,21,22). The monoisotopic (exact) mass is 358 g/mol. The van der Waals surface area contributed by atoms with Crippen molar-refractivity contribution >= 4 is 33.0 Å². The van der Waals surface area contributed by atoms with Gasteiger partial charge in [-0.2, -0.15) is 0 Å². The molecule has 0 spiro atoms. The number of carboxylic acids is 1. The van der Waals surface area contributed by atoms with Gasteiger partial charge in [-0.3, -0.25) is 0 Å². The Morgan fingerprint density at radius 1 is 1.08 bits per heavy atom. The van der Waals surface area contributed by atoms with E-state index in [4.69, 9.17) is 0 Å². The maximum atomic E-state index is 13.5. The third kappa shape index (κ3) is 3.13. The Balaban J connectivity index is 2.14. The van der Waals surface area contributed by atoms with Crippen molar-refractivity contribution in [1.82, 2.24) is 0 Å². The van der Waals surface area contributed by atoms with Gasteiger partial charge in [0.25, 0.3) is 0 Å². The number of benzene rings is 2. The fraction of sp³-hybridized carbons (Fsp3) is 0.105. The number of halogens is 1. The van der Waals surface area contributed by atoms with Crippen molar-refractivity contribution < 1.29 is 22.7 Å². The quantitative estimate of drug-likeness (QED) is 0.909. The van der Waals surface area contributed by atoms with Crippen LogP contribution in [0.4, 0.5) is 4.39 Å². The number of sulfone groups is 1. The summed E-state index contributed by atoms with van der Waals surface area (Å²) in [5.41, 5.74) is 3.02. The molecule has 3 rings (SSSR count). The molecule has 0 unspecified atom stereocenters. The first-order valence-electron chi connectivity index (χ1n) is 7.45. The molecule has 0 saturated carbocycles. The second kappa shape index (κ2) is 5.97. The molecule has 4 nitrogen and oxygen atoms in total. The van der Waals surface area contributed by atoms with Crippen LogP contribution in [0.2, 0.25) is 0 Å². The Morgan fingerprint density at radius 3 is 2.28 bits per heavy atom. The average Bonchev–Trinajstić information content (AvgIpc) is 2.78. The molecular formula is C19H15FO4S. The van der Waals surface area contributed by atoms with Gasteiger partial charge in [0, 0.05) is 6.26 Å². The van der Waals surface area contributed by atoms with E-state index in [0.717, 1.165) is 11.8 Å². The van der Waals surface area contributed by atoms with Gasteiger partial charge in [-0.05, 0) is 65.1 Å². The third-order valence-electron chi connectivity index (χ3n) is 4.15. The molecule has 0 fully saturated rings. The van der Waals surface area contributed by atoms with Crippen molar-refractivity contribution in [2.45, 2.75) is 11.8 Å². The van der Waals surface area contributed by atoms with Crippen LogP contribution in [0.15, 0.2) is 52.9 Å². The number of allylic oxidation sites excluding steroid dienone is 2. The van der Waals surface area contributed by atoms with E-state index in [0.29, 0.717) is 22.3 Å². The van der Waals surface area contributed by atoms with Crippen molar-refractivity contribution in [3.05, 3.63) is 70.5 Å². The first kappa shape index (κ1) is 17.1. The molecule has 0 atom stereocenters. The highest BCUT2D eigenvalue weighted by Crippen LogP contribution is 2.42. The second-order valence-corrected chi connectivity index (χ2v) is 7.91. The summed E-state index contributed by atoms with van der Waals surface area (Å²) in [6.07, 6.45) is 2.91. The normalized spacial score (nSPS) is 15.6. The fourth-order valence-corrected chi connectivity index (χ4v) is 3.57. The van der Waals surface area contributed by atoms with Crippen LogP contribution < -0.4 is 0 Å². The molecule has 2 aromatic carbocycles. The SMILES string of the molecule is CC1=C(C(=O)O)c2cc(F)ccc2C1=Cc1ccc(S(C)(=O)=O)cc1. The fourth-order valence-electron chi connectivity index (χ4n) is 2.94. The van der Waals surface area contributed by atoms with Crippen LogP contribution in [0.1, 0.15) is 23.6 Å². The Bertz CT molecular complexity index is 1050. The number of carboxylic acid groups (broad SMARTS) is 1. The van der Waals surface area contributed by atoms with Crippen LogP contribution in [-0.2, 0) is 14.6 Å². The molecule has 6 heteroatoms. The molecule has 128 valence electrons. The largest absolute Gasteiger partial charge is 0.478 e. The molecule has 0 radical (unpaired) electrons. The summed E-state index contributed by atoms with van der Waals surface area (Å²) in [7, 11) is -3.28. The third-order valence-corrected chi connectivity index (χ3v) is 5.28. The van der Waals surface area contributed by atoms with Gasteiger partial charge in [0.1, 0.15) is 5.82 Å². The van der Waals surface area contributed by atoms with E-state index in [1.807, 2.05) is 0 Å². The van der Waals surface area contributed by atoms with Crippen molar-refractivity contribution in [2.24, 2.45) is 0 Å². The van der Waals surface area contributed by atoms with E-state index in [1.54, 1.807) is 31.2 Å². The van der Waals surface area contributed by atoms with Crippen LogP contribution in [0.3, 0.4) is 0 Å². The number of rotatable bonds is 3. The zero-order chi connectivity index (χ0) is 18.4. The Morgan fingerprint density at radius 2 is 1.72 bits per heavy atom. The molecule has 0 aliphatic heterocycles. The summed E-state index contributed by atoms with van der Waals surface area (Å²) in [4.78, 5) is 11.8. The number of fused-ring (bicyclic) bond motifs is 1. The molecule has 0 saturated heterocycles. The zero-order valence-corrected chi connectivity index (χ0v) is 14.4. The minimum Gasteiger partial charge on any atom is -0.478 e. The summed E-state index contributed by atoms with van der Waals surface area (Å²) in [5.74, 6) is -1.61.